The molecule has 0 aliphatic rings. The third-order valence-corrected chi connectivity index (χ3v) is 3.01. The van der Waals surface area contributed by atoms with E-state index in [1.807, 2.05) is 30.3 Å². The first kappa shape index (κ1) is 14.9. The van der Waals surface area contributed by atoms with Crippen LogP contribution < -0.4 is 10.1 Å². The second kappa shape index (κ2) is 6.85. The lowest BCUT2D eigenvalue weighted by Gasteiger charge is -2.07. The van der Waals surface area contributed by atoms with Crippen LogP contribution in [0.1, 0.15) is 10.4 Å². The number of ether oxygens (including phenoxy) is 1. The summed E-state index contributed by atoms with van der Waals surface area (Å²) in [5, 5.41) is 3.03. The van der Waals surface area contributed by atoms with E-state index in [2.05, 4.69) is 20.3 Å². The molecule has 0 saturated carbocycles. The predicted molar refractivity (Wildman–Crippen MR) is 86.5 cm³/mol. The number of halogens is 1. The number of anilines is 2. The molecule has 0 amide bonds. The van der Waals surface area contributed by atoms with Gasteiger partial charge in [-0.15, -0.1) is 0 Å². The third kappa shape index (κ3) is 4.02. The van der Waals surface area contributed by atoms with E-state index in [9.17, 15) is 4.79 Å². The Kier molecular flexibility index (Phi) is 4.44. The van der Waals surface area contributed by atoms with E-state index < -0.39 is 0 Å². The van der Waals surface area contributed by atoms with Gasteiger partial charge in [-0.2, -0.15) is 15.0 Å². The summed E-state index contributed by atoms with van der Waals surface area (Å²) in [7, 11) is 0. The van der Waals surface area contributed by atoms with E-state index in [0.717, 1.165) is 12.0 Å². The number of carbonyl (C=O) groups is 1. The van der Waals surface area contributed by atoms with Crippen LogP contribution in [0.25, 0.3) is 0 Å². The normalized spacial score (nSPS) is 10.1. The highest BCUT2D eigenvalue weighted by molar-refractivity contribution is 6.28. The molecule has 0 aliphatic carbocycles. The Bertz CT molecular complexity index is 810. The summed E-state index contributed by atoms with van der Waals surface area (Å²) in [6, 6.07) is 16.0. The number of aldehydes is 1. The minimum atomic E-state index is 0.0120. The molecule has 0 atom stereocenters. The van der Waals surface area contributed by atoms with Gasteiger partial charge in [-0.05, 0) is 48.0 Å². The summed E-state index contributed by atoms with van der Waals surface area (Å²) in [5.41, 5.74) is 1.37. The zero-order valence-electron chi connectivity index (χ0n) is 11.8. The molecule has 0 bridgehead atoms. The van der Waals surface area contributed by atoms with Crippen molar-refractivity contribution in [3.63, 3.8) is 0 Å². The zero-order valence-corrected chi connectivity index (χ0v) is 12.6. The van der Waals surface area contributed by atoms with Crippen molar-refractivity contribution in [2.75, 3.05) is 5.32 Å². The molecule has 0 radical (unpaired) electrons. The van der Waals surface area contributed by atoms with Gasteiger partial charge in [0.05, 0.1) is 0 Å². The number of aromatic nitrogens is 3. The highest BCUT2D eigenvalue weighted by Crippen LogP contribution is 2.21. The smallest absolute Gasteiger partial charge is 0.328 e. The fourth-order valence-corrected chi connectivity index (χ4v) is 1.96. The van der Waals surface area contributed by atoms with E-state index in [-0.39, 0.29) is 17.2 Å². The van der Waals surface area contributed by atoms with Gasteiger partial charge in [-0.3, -0.25) is 4.79 Å². The van der Waals surface area contributed by atoms with Gasteiger partial charge in [0, 0.05) is 11.3 Å². The average molecular weight is 327 g/mol. The largest absolute Gasteiger partial charge is 0.424 e. The topological polar surface area (TPSA) is 77.0 Å². The number of nitrogens with one attached hydrogen (secondary N) is 1. The van der Waals surface area contributed by atoms with Gasteiger partial charge < -0.3 is 10.1 Å². The van der Waals surface area contributed by atoms with Crippen molar-refractivity contribution in [1.82, 2.24) is 15.0 Å². The first-order valence-corrected chi connectivity index (χ1v) is 7.07. The second-order valence-corrected chi connectivity index (χ2v) is 4.83. The summed E-state index contributed by atoms with van der Waals surface area (Å²) >= 11 is 5.90. The number of hydrogen-bond donors (Lipinski definition) is 1. The van der Waals surface area contributed by atoms with Crippen LogP contribution in [0.2, 0.25) is 5.28 Å². The lowest BCUT2D eigenvalue weighted by Crippen LogP contribution is -2.01. The highest BCUT2D eigenvalue weighted by Gasteiger charge is 2.08. The Morgan fingerprint density at radius 2 is 1.70 bits per heavy atom. The van der Waals surface area contributed by atoms with Gasteiger partial charge >= 0.3 is 6.01 Å². The minimum Gasteiger partial charge on any atom is -0.424 e. The molecule has 0 saturated heterocycles. The zero-order chi connectivity index (χ0) is 16.1. The SMILES string of the molecule is O=Cc1ccc(Oc2nc(Cl)nc(Nc3ccccc3)n2)cc1. The number of nitrogens with zero attached hydrogens (tertiary/aromatic N) is 3. The summed E-state index contributed by atoms with van der Waals surface area (Å²) in [5.74, 6) is 0.763. The maximum absolute atomic E-state index is 10.6. The van der Waals surface area contributed by atoms with Crippen LogP contribution in [0.3, 0.4) is 0 Å². The average Bonchev–Trinajstić information content (AvgIpc) is 2.56. The molecule has 23 heavy (non-hydrogen) atoms. The molecular weight excluding hydrogens is 316 g/mol. The van der Waals surface area contributed by atoms with Crippen LogP contribution >= 0.6 is 11.6 Å². The maximum Gasteiger partial charge on any atom is 0.328 e. The molecule has 0 fully saturated rings. The summed E-state index contributed by atoms with van der Waals surface area (Å²) in [6.45, 7) is 0. The fourth-order valence-electron chi connectivity index (χ4n) is 1.80. The molecule has 7 heteroatoms. The first-order chi connectivity index (χ1) is 11.2. The van der Waals surface area contributed by atoms with E-state index in [0.29, 0.717) is 11.3 Å². The van der Waals surface area contributed by atoms with Crippen LogP contribution in [-0.2, 0) is 0 Å². The third-order valence-electron chi connectivity index (χ3n) is 2.84. The van der Waals surface area contributed by atoms with Crippen molar-refractivity contribution in [3.8, 4) is 11.8 Å². The van der Waals surface area contributed by atoms with Crippen molar-refractivity contribution in [2.24, 2.45) is 0 Å². The van der Waals surface area contributed by atoms with Gasteiger partial charge in [0.25, 0.3) is 0 Å². The Labute approximate surface area is 137 Å². The van der Waals surface area contributed by atoms with Gasteiger partial charge in [-0.25, -0.2) is 0 Å². The van der Waals surface area contributed by atoms with Gasteiger partial charge in [0.1, 0.15) is 12.0 Å². The molecular formula is C16H11ClN4O2. The van der Waals surface area contributed by atoms with Crippen LogP contribution in [0.4, 0.5) is 11.6 Å². The van der Waals surface area contributed by atoms with Crippen LogP contribution in [0.5, 0.6) is 11.8 Å². The lowest BCUT2D eigenvalue weighted by atomic mass is 10.2. The number of para-hydroxylation sites is 1. The lowest BCUT2D eigenvalue weighted by molar-refractivity contribution is 0.112. The van der Waals surface area contributed by atoms with Crippen molar-refractivity contribution in [2.45, 2.75) is 0 Å². The van der Waals surface area contributed by atoms with Gasteiger partial charge in [-0.1, -0.05) is 18.2 Å². The Balaban J connectivity index is 1.80. The number of carbonyl (C=O) groups excluding carboxylic acids is 1. The summed E-state index contributed by atoms with van der Waals surface area (Å²) in [6.07, 6.45) is 0.755. The quantitative estimate of drug-likeness (QED) is 0.717. The van der Waals surface area contributed by atoms with E-state index in [4.69, 9.17) is 16.3 Å². The molecule has 3 aromatic rings. The fraction of sp³-hybridized carbons (Fsp3) is 0. The first-order valence-electron chi connectivity index (χ1n) is 6.70. The van der Waals surface area contributed by atoms with Crippen molar-refractivity contribution >= 4 is 29.5 Å². The van der Waals surface area contributed by atoms with Gasteiger partial charge in [0.15, 0.2) is 0 Å². The molecule has 0 spiro atoms. The maximum atomic E-state index is 10.6. The number of rotatable bonds is 5. The van der Waals surface area contributed by atoms with Gasteiger partial charge in [0.2, 0.25) is 11.2 Å². The van der Waals surface area contributed by atoms with Crippen LogP contribution in [-0.4, -0.2) is 21.2 Å². The van der Waals surface area contributed by atoms with Crippen molar-refractivity contribution in [1.29, 1.82) is 0 Å². The Morgan fingerprint density at radius 3 is 2.39 bits per heavy atom. The summed E-state index contributed by atoms with van der Waals surface area (Å²) in [4.78, 5) is 22.7. The second-order valence-electron chi connectivity index (χ2n) is 4.49. The molecule has 0 aliphatic heterocycles. The standard InChI is InChI=1S/C16H11ClN4O2/c17-14-19-15(18-12-4-2-1-3-5-12)21-16(20-14)23-13-8-6-11(10-22)7-9-13/h1-10H,(H,18,19,20,21). The Morgan fingerprint density at radius 1 is 0.957 bits per heavy atom. The van der Waals surface area contributed by atoms with Crippen LogP contribution in [0.15, 0.2) is 54.6 Å². The molecule has 2 aromatic carbocycles. The molecule has 6 nitrogen and oxygen atoms in total. The van der Waals surface area contributed by atoms with E-state index in [1.165, 1.54) is 0 Å². The highest BCUT2D eigenvalue weighted by atomic mass is 35.5. The van der Waals surface area contributed by atoms with Crippen LogP contribution in [0, 0.1) is 0 Å². The van der Waals surface area contributed by atoms with E-state index >= 15 is 0 Å². The van der Waals surface area contributed by atoms with E-state index in [1.54, 1.807) is 24.3 Å². The monoisotopic (exact) mass is 326 g/mol. The molecule has 1 aromatic heterocycles. The molecule has 3 rings (SSSR count). The molecule has 1 N–H and O–H groups in total. The number of benzene rings is 2. The molecule has 1 heterocycles. The predicted octanol–water partition coefficient (Wildman–Crippen LogP) is 3.87. The van der Waals surface area contributed by atoms with Crippen molar-refractivity contribution < 1.29 is 9.53 Å². The molecule has 0 unspecified atom stereocenters. The Hall–Kier alpha value is -2.99. The molecule has 114 valence electrons. The summed E-state index contributed by atoms with van der Waals surface area (Å²) < 4.78 is 5.53. The minimum absolute atomic E-state index is 0.0120. The number of hydrogen-bond acceptors (Lipinski definition) is 6. The van der Waals surface area contributed by atoms with Crippen molar-refractivity contribution in [3.05, 3.63) is 65.4 Å².